The van der Waals surface area contributed by atoms with Crippen molar-refractivity contribution in [2.75, 3.05) is 0 Å². The van der Waals surface area contributed by atoms with E-state index in [-0.39, 0.29) is 0 Å². The highest BCUT2D eigenvalue weighted by Crippen LogP contribution is 2.34. The number of carbonyl (C=O) groups is 1. The van der Waals surface area contributed by atoms with E-state index < -0.39 is 0 Å². The third kappa shape index (κ3) is 2.45. The SMILES string of the molecule is O=C1CCC(c2nccc(C3CCCC3)n2)CC1. The van der Waals surface area contributed by atoms with Crippen molar-refractivity contribution in [2.24, 2.45) is 0 Å². The first kappa shape index (κ1) is 11.8. The number of ketones is 1. The summed E-state index contributed by atoms with van der Waals surface area (Å²) >= 11 is 0. The number of hydrogen-bond acceptors (Lipinski definition) is 3. The monoisotopic (exact) mass is 244 g/mol. The van der Waals surface area contributed by atoms with Crippen molar-refractivity contribution >= 4 is 5.78 Å². The van der Waals surface area contributed by atoms with Crippen molar-refractivity contribution in [1.82, 2.24) is 9.97 Å². The van der Waals surface area contributed by atoms with E-state index in [4.69, 9.17) is 4.98 Å². The zero-order valence-corrected chi connectivity index (χ0v) is 10.8. The molecule has 0 spiro atoms. The van der Waals surface area contributed by atoms with Crippen molar-refractivity contribution in [1.29, 1.82) is 0 Å². The van der Waals surface area contributed by atoms with Crippen LogP contribution < -0.4 is 0 Å². The van der Waals surface area contributed by atoms with Crippen LogP contribution in [0.5, 0.6) is 0 Å². The van der Waals surface area contributed by atoms with Gasteiger partial charge >= 0.3 is 0 Å². The first-order valence-electron chi connectivity index (χ1n) is 7.17. The van der Waals surface area contributed by atoms with Gasteiger partial charge in [-0.15, -0.1) is 0 Å². The van der Waals surface area contributed by atoms with Gasteiger partial charge in [-0.2, -0.15) is 0 Å². The van der Waals surface area contributed by atoms with Gasteiger partial charge in [0.25, 0.3) is 0 Å². The maximum atomic E-state index is 11.3. The Balaban J connectivity index is 1.75. The van der Waals surface area contributed by atoms with Gasteiger partial charge in [0.2, 0.25) is 0 Å². The highest BCUT2D eigenvalue weighted by atomic mass is 16.1. The van der Waals surface area contributed by atoms with Crippen LogP contribution in [0, 0.1) is 0 Å². The molecule has 0 bridgehead atoms. The summed E-state index contributed by atoms with van der Waals surface area (Å²) in [6, 6.07) is 2.08. The van der Waals surface area contributed by atoms with Crippen LogP contribution in [0.2, 0.25) is 0 Å². The molecule has 0 radical (unpaired) electrons. The van der Waals surface area contributed by atoms with E-state index in [2.05, 4.69) is 11.1 Å². The second kappa shape index (κ2) is 5.17. The molecule has 2 aliphatic carbocycles. The van der Waals surface area contributed by atoms with Gasteiger partial charge < -0.3 is 0 Å². The second-order valence-electron chi connectivity index (χ2n) is 5.63. The molecule has 2 saturated carbocycles. The number of Topliss-reactive ketones (excluding diaryl/α,β-unsaturated/α-hetero) is 1. The van der Waals surface area contributed by atoms with Crippen molar-refractivity contribution in [3.05, 3.63) is 23.8 Å². The molecule has 1 aromatic heterocycles. The first-order chi connectivity index (χ1) is 8.83. The maximum absolute atomic E-state index is 11.3. The van der Waals surface area contributed by atoms with Crippen LogP contribution in [-0.2, 0) is 4.79 Å². The highest BCUT2D eigenvalue weighted by molar-refractivity contribution is 5.79. The smallest absolute Gasteiger partial charge is 0.132 e. The topological polar surface area (TPSA) is 42.9 Å². The van der Waals surface area contributed by atoms with Crippen LogP contribution in [-0.4, -0.2) is 15.8 Å². The largest absolute Gasteiger partial charge is 0.300 e. The maximum Gasteiger partial charge on any atom is 0.132 e. The molecule has 18 heavy (non-hydrogen) atoms. The third-order valence-corrected chi connectivity index (χ3v) is 4.38. The molecular weight excluding hydrogens is 224 g/mol. The number of rotatable bonds is 2. The summed E-state index contributed by atoms with van der Waals surface area (Å²) in [5, 5.41) is 0. The van der Waals surface area contributed by atoms with Gasteiger partial charge in [-0.25, -0.2) is 9.97 Å². The lowest BCUT2D eigenvalue weighted by Gasteiger charge is -2.20. The molecule has 3 nitrogen and oxygen atoms in total. The predicted octanol–water partition coefficient (Wildman–Crippen LogP) is 3.36. The van der Waals surface area contributed by atoms with Crippen LogP contribution in [0.1, 0.15) is 74.7 Å². The zero-order valence-electron chi connectivity index (χ0n) is 10.8. The molecule has 1 heterocycles. The van der Waals surface area contributed by atoms with Crippen LogP contribution in [0.15, 0.2) is 12.3 Å². The van der Waals surface area contributed by atoms with E-state index in [1.807, 2.05) is 6.20 Å². The molecule has 2 aliphatic rings. The summed E-state index contributed by atoms with van der Waals surface area (Å²) in [6.07, 6.45) is 10.4. The lowest BCUT2D eigenvalue weighted by molar-refractivity contribution is -0.120. The van der Waals surface area contributed by atoms with Crippen LogP contribution in [0.3, 0.4) is 0 Å². The van der Waals surface area contributed by atoms with Gasteiger partial charge in [0.1, 0.15) is 11.6 Å². The van der Waals surface area contributed by atoms with E-state index in [0.717, 1.165) is 18.7 Å². The molecule has 0 atom stereocenters. The van der Waals surface area contributed by atoms with Crippen LogP contribution >= 0.6 is 0 Å². The average molecular weight is 244 g/mol. The Kier molecular flexibility index (Phi) is 3.39. The Labute approximate surface area is 108 Å². The quantitative estimate of drug-likeness (QED) is 0.801. The van der Waals surface area contributed by atoms with Crippen LogP contribution in [0.25, 0.3) is 0 Å². The molecule has 0 aromatic carbocycles. The van der Waals surface area contributed by atoms with E-state index in [1.165, 1.54) is 31.4 Å². The average Bonchev–Trinajstić information content (AvgIpc) is 2.94. The van der Waals surface area contributed by atoms with E-state index in [9.17, 15) is 4.79 Å². The zero-order chi connectivity index (χ0) is 12.4. The molecule has 0 amide bonds. The second-order valence-corrected chi connectivity index (χ2v) is 5.63. The Morgan fingerprint density at radius 1 is 1.00 bits per heavy atom. The normalized spacial score (nSPS) is 22.6. The van der Waals surface area contributed by atoms with Crippen molar-refractivity contribution in [2.45, 2.75) is 63.2 Å². The number of aromatic nitrogens is 2. The van der Waals surface area contributed by atoms with Gasteiger partial charge in [0, 0.05) is 36.6 Å². The first-order valence-corrected chi connectivity index (χ1v) is 7.17. The minimum atomic E-state index is 0.401. The molecule has 96 valence electrons. The van der Waals surface area contributed by atoms with E-state index in [0.29, 0.717) is 30.5 Å². The summed E-state index contributed by atoms with van der Waals surface area (Å²) < 4.78 is 0. The minimum absolute atomic E-state index is 0.401. The third-order valence-electron chi connectivity index (χ3n) is 4.38. The molecule has 0 saturated heterocycles. The predicted molar refractivity (Wildman–Crippen MR) is 69.5 cm³/mol. The van der Waals surface area contributed by atoms with Crippen molar-refractivity contribution in [3.8, 4) is 0 Å². The molecule has 1 aromatic rings. The lowest BCUT2D eigenvalue weighted by atomic mass is 9.87. The van der Waals surface area contributed by atoms with E-state index >= 15 is 0 Å². The fourth-order valence-electron chi connectivity index (χ4n) is 3.23. The van der Waals surface area contributed by atoms with Gasteiger partial charge in [-0.05, 0) is 31.7 Å². The van der Waals surface area contributed by atoms with Gasteiger partial charge in [0.15, 0.2) is 0 Å². The minimum Gasteiger partial charge on any atom is -0.300 e. The van der Waals surface area contributed by atoms with Crippen LogP contribution in [0.4, 0.5) is 0 Å². The molecule has 3 heteroatoms. The molecule has 0 unspecified atom stereocenters. The van der Waals surface area contributed by atoms with E-state index in [1.54, 1.807) is 0 Å². The standard InChI is InChI=1S/C15H20N2O/c18-13-7-5-12(6-8-13)15-16-10-9-14(17-15)11-3-1-2-4-11/h9-12H,1-8H2. The Morgan fingerprint density at radius 3 is 2.44 bits per heavy atom. The van der Waals surface area contributed by atoms with Crippen molar-refractivity contribution < 1.29 is 4.79 Å². The molecule has 2 fully saturated rings. The van der Waals surface area contributed by atoms with Gasteiger partial charge in [-0.3, -0.25) is 4.79 Å². The summed E-state index contributed by atoms with van der Waals surface area (Å²) in [5.74, 6) is 2.44. The highest BCUT2D eigenvalue weighted by Gasteiger charge is 2.24. The number of hydrogen-bond donors (Lipinski definition) is 0. The molecule has 3 rings (SSSR count). The molecule has 0 aliphatic heterocycles. The summed E-state index contributed by atoms with van der Waals surface area (Å²) in [7, 11) is 0. The summed E-state index contributed by atoms with van der Waals surface area (Å²) in [4.78, 5) is 20.5. The Hall–Kier alpha value is -1.25. The van der Waals surface area contributed by atoms with Gasteiger partial charge in [0.05, 0.1) is 0 Å². The summed E-state index contributed by atoms with van der Waals surface area (Å²) in [6.45, 7) is 0. The number of carbonyl (C=O) groups excluding carboxylic acids is 1. The Morgan fingerprint density at radius 2 is 1.72 bits per heavy atom. The van der Waals surface area contributed by atoms with Crippen molar-refractivity contribution in [3.63, 3.8) is 0 Å². The Bertz CT molecular complexity index is 428. The number of nitrogens with zero attached hydrogens (tertiary/aromatic N) is 2. The fourth-order valence-corrected chi connectivity index (χ4v) is 3.23. The fraction of sp³-hybridized carbons (Fsp3) is 0.667. The summed E-state index contributed by atoms with van der Waals surface area (Å²) in [5.41, 5.74) is 1.23. The van der Waals surface area contributed by atoms with Gasteiger partial charge in [-0.1, -0.05) is 12.8 Å². The lowest BCUT2D eigenvalue weighted by Crippen LogP contribution is -2.15. The molecular formula is C15H20N2O. The molecule has 0 N–H and O–H groups in total.